The summed E-state index contributed by atoms with van der Waals surface area (Å²) in [5.74, 6) is 0. The summed E-state index contributed by atoms with van der Waals surface area (Å²) in [6, 6.07) is 2.04. The first-order chi connectivity index (χ1) is 6.25. The minimum atomic E-state index is 0.860. The summed E-state index contributed by atoms with van der Waals surface area (Å²) in [5, 5.41) is 8.19. The van der Waals surface area contributed by atoms with Crippen LogP contribution in [-0.2, 0) is 7.05 Å². The first kappa shape index (κ1) is 7.91. The Morgan fingerprint density at radius 1 is 1.23 bits per heavy atom. The second-order valence-electron chi connectivity index (χ2n) is 2.97. The Labute approximate surface area is 76.2 Å². The van der Waals surface area contributed by atoms with E-state index in [1.165, 1.54) is 4.80 Å². The van der Waals surface area contributed by atoms with Gasteiger partial charge in [0, 0.05) is 25.0 Å². The molecule has 4 nitrogen and oxygen atoms in total. The zero-order valence-electron chi connectivity index (χ0n) is 7.60. The molecule has 0 N–H and O–H groups in total. The molecule has 0 unspecified atom stereocenters. The third kappa shape index (κ3) is 1.56. The topological polar surface area (TPSA) is 43.6 Å². The number of nitrogens with zero attached hydrogens (tertiary/aromatic N) is 4. The first-order valence-electron chi connectivity index (χ1n) is 4.04. The summed E-state index contributed by atoms with van der Waals surface area (Å²) in [6.07, 6.45) is 5.34. The Bertz CT molecular complexity index is 419. The van der Waals surface area contributed by atoms with Crippen LogP contribution in [0.4, 0.5) is 0 Å². The van der Waals surface area contributed by atoms with Gasteiger partial charge in [-0.05, 0) is 18.6 Å². The molecule has 0 atom stereocenters. The Hall–Kier alpha value is -1.71. The van der Waals surface area contributed by atoms with Crippen molar-refractivity contribution < 1.29 is 0 Å². The Balaban J connectivity index is 2.46. The van der Waals surface area contributed by atoms with E-state index in [0.29, 0.717) is 0 Å². The number of hydrogen-bond donors (Lipinski definition) is 0. The molecule has 0 saturated heterocycles. The van der Waals surface area contributed by atoms with Crippen LogP contribution in [-0.4, -0.2) is 20.0 Å². The lowest BCUT2D eigenvalue weighted by atomic mass is 10.2. The van der Waals surface area contributed by atoms with Gasteiger partial charge in [0.25, 0.3) is 0 Å². The highest BCUT2D eigenvalue weighted by molar-refractivity contribution is 5.56. The summed E-state index contributed by atoms with van der Waals surface area (Å²) in [6.45, 7) is 2.01. The molecule has 2 aromatic rings. The number of rotatable bonds is 1. The largest absolute Gasteiger partial charge is 0.264 e. The van der Waals surface area contributed by atoms with Crippen molar-refractivity contribution in [1.82, 2.24) is 20.0 Å². The molecule has 0 amide bonds. The number of aryl methyl sites for hydroxylation is 2. The van der Waals surface area contributed by atoms with Crippen LogP contribution in [0.15, 0.2) is 24.7 Å². The van der Waals surface area contributed by atoms with Crippen LogP contribution >= 0.6 is 0 Å². The van der Waals surface area contributed by atoms with Crippen molar-refractivity contribution in [1.29, 1.82) is 0 Å². The molecule has 0 aliphatic carbocycles. The molecule has 2 heterocycles. The molecular formula is C9H10N4. The van der Waals surface area contributed by atoms with Crippen molar-refractivity contribution in [2.24, 2.45) is 7.05 Å². The van der Waals surface area contributed by atoms with Gasteiger partial charge in [0.2, 0.25) is 0 Å². The first-order valence-corrected chi connectivity index (χ1v) is 4.04. The average molecular weight is 174 g/mol. The zero-order valence-corrected chi connectivity index (χ0v) is 7.60. The smallest absolute Gasteiger partial charge is 0.114 e. The Kier molecular flexibility index (Phi) is 1.81. The average Bonchev–Trinajstić information content (AvgIpc) is 2.52. The molecule has 0 spiro atoms. The third-order valence-electron chi connectivity index (χ3n) is 1.77. The maximum absolute atomic E-state index is 4.19. The zero-order chi connectivity index (χ0) is 9.26. The summed E-state index contributed by atoms with van der Waals surface area (Å²) in [5.41, 5.74) is 3.00. The molecule has 0 aromatic carbocycles. The Morgan fingerprint density at radius 3 is 2.69 bits per heavy atom. The quantitative estimate of drug-likeness (QED) is 0.652. The van der Waals surface area contributed by atoms with Crippen molar-refractivity contribution in [3.05, 3.63) is 30.2 Å². The highest BCUT2D eigenvalue weighted by Crippen LogP contribution is 2.14. The lowest BCUT2D eigenvalue weighted by molar-refractivity contribution is 0.655. The van der Waals surface area contributed by atoms with E-state index in [0.717, 1.165) is 16.8 Å². The van der Waals surface area contributed by atoms with E-state index in [2.05, 4.69) is 15.2 Å². The maximum Gasteiger partial charge on any atom is 0.114 e. The summed E-state index contributed by atoms with van der Waals surface area (Å²) in [4.78, 5) is 5.63. The number of pyridine rings is 1. The van der Waals surface area contributed by atoms with Gasteiger partial charge in [-0.15, -0.1) is 0 Å². The number of hydrogen-bond acceptors (Lipinski definition) is 3. The van der Waals surface area contributed by atoms with Crippen LogP contribution in [0.25, 0.3) is 11.3 Å². The van der Waals surface area contributed by atoms with Gasteiger partial charge < -0.3 is 0 Å². The minimum Gasteiger partial charge on any atom is -0.264 e. The van der Waals surface area contributed by atoms with Crippen molar-refractivity contribution in [3.63, 3.8) is 0 Å². The highest BCUT2D eigenvalue weighted by Gasteiger charge is 2.01. The molecule has 4 heteroatoms. The molecule has 2 aromatic heterocycles. The van der Waals surface area contributed by atoms with Crippen LogP contribution in [0, 0.1) is 6.92 Å². The maximum atomic E-state index is 4.19. The van der Waals surface area contributed by atoms with E-state index in [9.17, 15) is 0 Å². The molecule has 0 aliphatic heterocycles. The van der Waals surface area contributed by atoms with Crippen LogP contribution in [0.2, 0.25) is 0 Å². The monoisotopic (exact) mass is 174 g/mol. The molecule has 0 saturated carbocycles. The van der Waals surface area contributed by atoms with Gasteiger partial charge in [-0.1, -0.05) is 0 Å². The van der Waals surface area contributed by atoms with Gasteiger partial charge in [0.1, 0.15) is 5.69 Å². The van der Waals surface area contributed by atoms with Crippen LogP contribution < -0.4 is 0 Å². The summed E-state index contributed by atoms with van der Waals surface area (Å²) < 4.78 is 0. The SMILES string of the molecule is Cc1cncc(-c2cnn(C)n2)c1. The molecule has 0 aliphatic rings. The van der Waals surface area contributed by atoms with E-state index in [-0.39, 0.29) is 0 Å². The predicted molar refractivity (Wildman–Crippen MR) is 49.0 cm³/mol. The van der Waals surface area contributed by atoms with E-state index in [1.807, 2.05) is 19.2 Å². The molecule has 13 heavy (non-hydrogen) atoms. The van der Waals surface area contributed by atoms with E-state index in [4.69, 9.17) is 0 Å². The minimum absolute atomic E-state index is 0.860. The molecule has 66 valence electrons. The highest BCUT2D eigenvalue weighted by atomic mass is 15.4. The fourth-order valence-electron chi connectivity index (χ4n) is 1.17. The second-order valence-corrected chi connectivity index (χ2v) is 2.97. The second kappa shape index (κ2) is 2.97. The van der Waals surface area contributed by atoms with Gasteiger partial charge in [0.15, 0.2) is 0 Å². The third-order valence-corrected chi connectivity index (χ3v) is 1.77. The van der Waals surface area contributed by atoms with Crippen LogP contribution in [0.5, 0.6) is 0 Å². The van der Waals surface area contributed by atoms with Gasteiger partial charge in [-0.3, -0.25) is 4.98 Å². The van der Waals surface area contributed by atoms with Crippen molar-refractivity contribution >= 4 is 0 Å². The van der Waals surface area contributed by atoms with Crippen molar-refractivity contribution in [2.75, 3.05) is 0 Å². The molecule has 2 rings (SSSR count). The lowest BCUT2D eigenvalue weighted by Crippen LogP contribution is -1.91. The summed E-state index contributed by atoms with van der Waals surface area (Å²) in [7, 11) is 1.80. The summed E-state index contributed by atoms with van der Waals surface area (Å²) >= 11 is 0. The normalized spacial score (nSPS) is 10.3. The van der Waals surface area contributed by atoms with Gasteiger partial charge in [-0.25, -0.2) is 0 Å². The fraction of sp³-hybridized carbons (Fsp3) is 0.222. The molecular weight excluding hydrogens is 164 g/mol. The molecule has 0 radical (unpaired) electrons. The standard InChI is InChI=1S/C9H10N4/c1-7-3-8(5-10-4-7)9-6-11-13(2)12-9/h3-6H,1-2H3. The molecule has 0 fully saturated rings. The van der Waals surface area contributed by atoms with E-state index in [1.54, 1.807) is 19.4 Å². The van der Waals surface area contributed by atoms with Crippen LogP contribution in [0.3, 0.4) is 0 Å². The fourth-order valence-corrected chi connectivity index (χ4v) is 1.17. The van der Waals surface area contributed by atoms with Crippen molar-refractivity contribution in [2.45, 2.75) is 6.92 Å². The predicted octanol–water partition coefficient (Wildman–Crippen LogP) is 1.19. The van der Waals surface area contributed by atoms with E-state index >= 15 is 0 Å². The van der Waals surface area contributed by atoms with Gasteiger partial charge >= 0.3 is 0 Å². The van der Waals surface area contributed by atoms with E-state index < -0.39 is 0 Å². The van der Waals surface area contributed by atoms with Crippen molar-refractivity contribution in [3.8, 4) is 11.3 Å². The lowest BCUT2D eigenvalue weighted by Gasteiger charge is -1.95. The Morgan fingerprint density at radius 2 is 2.08 bits per heavy atom. The number of aromatic nitrogens is 4. The van der Waals surface area contributed by atoms with Gasteiger partial charge in [-0.2, -0.15) is 15.0 Å². The molecule has 0 bridgehead atoms. The van der Waals surface area contributed by atoms with Crippen LogP contribution in [0.1, 0.15) is 5.56 Å². The van der Waals surface area contributed by atoms with Gasteiger partial charge in [0.05, 0.1) is 6.20 Å².